The van der Waals surface area contributed by atoms with Crippen molar-refractivity contribution in [2.24, 2.45) is 5.92 Å². The maximum absolute atomic E-state index is 12.6. The summed E-state index contributed by atoms with van der Waals surface area (Å²) in [5.41, 5.74) is 1.65. The predicted octanol–water partition coefficient (Wildman–Crippen LogP) is 2.24. The van der Waals surface area contributed by atoms with Crippen LogP contribution in [0.4, 0.5) is 0 Å². The molecule has 1 unspecified atom stereocenters. The number of piperidine rings is 1. The van der Waals surface area contributed by atoms with Gasteiger partial charge in [-0.3, -0.25) is 9.78 Å². The Bertz CT molecular complexity index is 424. The molecule has 1 amide bonds. The molecule has 4 heteroatoms. The number of hydrogen-bond donors (Lipinski definition) is 1. The Morgan fingerprint density at radius 3 is 2.95 bits per heavy atom. The van der Waals surface area contributed by atoms with Crippen LogP contribution < -0.4 is 5.32 Å². The second-order valence-corrected chi connectivity index (χ2v) is 5.65. The number of aromatic nitrogens is 1. The number of carbonyl (C=O) groups is 1. The molecule has 2 heterocycles. The van der Waals surface area contributed by atoms with Crippen LogP contribution in [0.1, 0.15) is 42.2 Å². The van der Waals surface area contributed by atoms with Gasteiger partial charge in [0.1, 0.15) is 0 Å². The van der Waals surface area contributed by atoms with E-state index in [1.54, 1.807) is 6.20 Å². The van der Waals surface area contributed by atoms with E-state index in [4.69, 9.17) is 0 Å². The summed E-state index contributed by atoms with van der Waals surface area (Å²) in [5.74, 6) is 0.697. The summed E-state index contributed by atoms with van der Waals surface area (Å²) >= 11 is 0. The smallest absolute Gasteiger partial charge is 0.255 e. The van der Waals surface area contributed by atoms with Crippen molar-refractivity contribution in [2.45, 2.75) is 33.1 Å². The first-order valence-corrected chi connectivity index (χ1v) is 7.63. The average Bonchev–Trinajstić information content (AvgIpc) is 2.48. The van der Waals surface area contributed by atoms with Crippen molar-refractivity contribution in [3.63, 3.8) is 0 Å². The Morgan fingerprint density at radius 2 is 2.35 bits per heavy atom. The van der Waals surface area contributed by atoms with Gasteiger partial charge in [0.25, 0.3) is 5.91 Å². The molecule has 0 aromatic carbocycles. The molecule has 0 spiro atoms. The van der Waals surface area contributed by atoms with Crippen LogP contribution in [-0.2, 0) is 0 Å². The molecule has 1 fully saturated rings. The fourth-order valence-electron chi connectivity index (χ4n) is 2.71. The third-order valence-electron chi connectivity index (χ3n) is 3.82. The molecule has 1 N–H and O–H groups in total. The summed E-state index contributed by atoms with van der Waals surface area (Å²) in [6, 6.07) is 3.78. The van der Waals surface area contributed by atoms with Gasteiger partial charge in [0.05, 0.1) is 5.56 Å². The lowest BCUT2D eigenvalue weighted by Crippen LogP contribution is -2.41. The van der Waals surface area contributed by atoms with Crippen molar-refractivity contribution in [3.8, 4) is 0 Å². The second-order valence-electron chi connectivity index (χ2n) is 5.65. The molecule has 1 aliphatic rings. The van der Waals surface area contributed by atoms with Crippen LogP contribution in [0.15, 0.2) is 18.3 Å². The van der Waals surface area contributed by atoms with E-state index in [9.17, 15) is 4.79 Å². The number of aryl methyl sites for hydroxylation is 1. The standard InChI is InChI=1S/C16H25N3O/c1-3-9-19(12-14-5-4-8-17-10-14)16(20)15-7-6-13(2)18-11-15/h6-7,11,14,17H,3-5,8-10,12H2,1-2H3. The first-order valence-electron chi connectivity index (χ1n) is 7.63. The van der Waals surface area contributed by atoms with Crippen LogP contribution in [0.25, 0.3) is 0 Å². The van der Waals surface area contributed by atoms with Gasteiger partial charge in [-0.25, -0.2) is 0 Å². The molecule has 1 aliphatic heterocycles. The van der Waals surface area contributed by atoms with Gasteiger partial charge in [-0.05, 0) is 57.3 Å². The molecule has 1 aromatic heterocycles. The van der Waals surface area contributed by atoms with Gasteiger partial charge in [-0.1, -0.05) is 6.92 Å². The summed E-state index contributed by atoms with van der Waals surface area (Å²) in [5, 5.41) is 3.42. The summed E-state index contributed by atoms with van der Waals surface area (Å²) in [6.07, 6.45) is 5.11. The monoisotopic (exact) mass is 275 g/mol. The third-order valence-corrected chi connectivity index (χ3v) is 3.82. The molecule has 2 rings (SSSR count). The van der Waals surface area contributed by atoms with Gasteiger partial charge >= 0.3 is 0 Å². The van der Waals surface area contributed by atoms with Crippen molar-refractivity contribution in [3.05, 3.63) is 29.6 Å². The van der Waals surface area contributed by atoms with E-state index in [-0.39, 0.29) is 5.91 Å². The largest absolute Gasteiger partial charge is 0.338 e. The lowest BCUT2D eigenvalue weighted by Gasteiger charge is -2.30. The minimum Gasteiger partial charge on any atom is -0.338 e. The molecule has 1 aromatic rings. The third kappa shape index (κ3) is 4.04. The van der Waals surface area contributed by atoms with Crippen molar-refractivity contribution in [2.75, 3.05) is 26.2 Å². The van der Waals surface area contributed by atoms with Crippen molar-refractivity contribution < 1.29 is 4.79 Å². The lowest BCUT2D eigenvalue weighted by molar-refractivity contribution is 0.0718. The first kappa shape index (κ1) is 15.0. The fourth-order valence-corrected chi connectivity index (χ4v) is 2.71. The Morgan fingerprint density at radius 1 is 1.50 bits per heavy atom. The zero-order valence-corrected chi connectivity index (χ0v) is 12.6. The number of pyridine rings is 1. The topological polar surface area (TPSA) is 45.2 Å². The van der Waals surface area contributed by atoms with Crippen molar-refractivity contribution in [1.82, 2.24) is 15.2 Å². The summed E-state index contributed by atoms with van der Waals surface area (Å²) < 4.78 is 0. The van der Waals surface area contributed by atoms with Crippen LogP contribution in [0.5, 0.6) is 0 Å². The van der Waals surface area contributed by atoms with Crippen LogP contribution in [0.3, 0.4) is 0 Å². The highest BCUT2D eigenvalue weighted by Gasteiger charge is 2.21. The molecule has 1 saturated heterocycles. The van der Waals surface area contributed by atoms with E-state index in [0.29, 0.717) is 11.5 Å². The van der Waals surface area contributed by atoms with Gasteiger partial charge < -0.3 is 10.2 Å². The number of carbonyl (C=O) groups excluding carboxylic acids is 1. The summed E-state index contributed by atoms with van der Waals surface area (Å²) in [6.45, 7) is 7.87. The van der Waals surface area contributed by atoms with E-state index in [1.807, 2.05) is 24.0 Å². The van der Waals surface area contributed by atoms with Gasteiger partial charge in [0.2, 0.25) is 0 Å². The van der Waals surface area contributed by atoms with E-state index in [1.165, 1.54) is 12.8 Å². The van der Waals surface area contributed by atoms with Crippen molar-refractivity contribution >= 4 is 5.91 Å². The van der Waals surface area contributed by atoms with Crippen LogP contribution in [0, 0.1) is 12.8 Å². The molecule has 110 valence electrons. The summed E-state index contributed by atoms with van der Waals surface area (Å²) in [4.78, 5) is 18.8. The number of nitrogens with zero attached hydrogens (tertiary/aromatic N) is 2. The highest BCUT2D eigenvalue weighted by molar-refractivity contribution is 5.93. The normalized spacial score (nSPS) is 18.8. The zero-order valence-electron chi connectivity index (χ0n) is 12.6. The first-order chi connectivity index (χ1) is 9.70. The number of rotatable bonds is 5. The Balaban J connectivity index is 2.02. The number of hydrogen-bond acceptors (Lipinski definition) is 3. The fraction of sp³-hybridized carbons (Fsp3) is 0.625. The Kier molecular flexibility index (Phi) is 5.53. The molecular weight excluding hydrogens is 250 g/mol. The van der Waals surface area contributed by atoms with E-state index in [0.717, 1.165) is 38.3 Å². The SMILES string of the molecule is CCCN(CC1CCCNC1)C(=O)c1ccc(C)nc1. The second kappa shape index (κ2) is 7.39. The molecule has 1 atom stereocenters. The van der Waals surface area contributed by atoms with E-state index >= 15 is 0 Å². The quantitative estimate of drug-likeness (QED) is 0.896. The van der Waals surface area contributed by atoms with Gasteiger partial charge in [-0.2, -0.15) is 0 Å². The summed E-state index contributed by atoms with van der Waals surface area (Å²) in [7, 11) is 0. The molecule has 0 radical (unpaired) electrons. The van der Waals surface area contributed by atoms with Crippen LogP contribution >= 0.6 is 0 Å². The predicted molar refractivity (Wildman–Crippen MR) is 80.8 cm³/mol. The molecule has 0 bridgehead atoms. The lowest BCUT2D eigenvalue weighted by atomic mass is 9.98. The van der Waals surface area contributed by atoms with Gasteiger partial charge in [0.15, 0.2) is 0 Å². The molecule has 0 aliphatic carbocycles. The minimum absolute atomic E-state index is 0.116. The maximum atomic E-state index is 12.6. The number of amides is 1. The Hall–Kier alpha value is -1.42. The van der Waals surface area contributed by atoms with E-state index < -0.39 is 0 Å². The van der Waals surface area contributed by atoms with Gasteiger partial charge in [-0.15, -0.1) is 0 Å². The molecule has 0 saturated carbocycles. The average molecular weight is 275 g/mol. The van der Waals surface area contributed by atoms with Gasteiger partial charge in [0, 0.05) is 25.0 Å². The number of nitrogens with one attached hydrogen (secondary N) is 1. The molecular formula is C16H25N3O. The Labute approximate surface area is 121 Å². The zero-order chi connectivity index (χ0) is 14.4. The van der Waals surface area contributed by atoms with Crippen LogP contribution in [0.2, 0.25) is 0 Å². The van der Waals surface area contributed by atoms with Crippen molar-refractivity contribution in [1.29, 1.82) is 0 Å². The maximum Gasteiger partial charge on any atom is 0.255 e. The minimum atomic E-state index is 0.116. The highest BCUT2D eigenvalue weighted by atomic mass is 16.2. The molecule has 4 nitrogen and oxygen atoms in total. The molecule has 20 heavy (non-hydrogen) atoms. The van der Waals surface area contributed by atoms with E-state index in [2.05, 4.69) is 17.2 Å². The highest BCUT2D eigenvalue weighted by Crippen LogP contribution is 2.14. The van der Waals surface area contributed by atoms with Crippen LogP contribution in [-0.4, -0.2) is 42.0 Å².